The summed E-state index contributed by atoms with van der Waals surface area (Å²) in [6.45, 7) is 0. The first-order chi connectivity index (χ1) is 5.70. The van der Waals surface area contributed by atoms with Crippen LogP contribution in [0.5, 0.6) is 0 Å². The topological polar surface area (TPSA) is 52.6 Å². The zero-order chi connectivity index (χ0) is 9.40. The molecule has 5 heteroatoms. The van der Waals surface area contributed by atoms with E-state index in [4.69, 9.17) is 0 Å². The Labute approximate surface area is 121 Å². The Morgan fingerprint density at radius 2 is 1.23 bits per heavy atom. The molecule has 0 bridgehead atoms. The molecule has 0 aliphatic carbocycles. The van der Waals surface area contributed by atoms with Crippen LogP contribution in [0, 0.1) is 0 Å². The summed E-state index contributed by atoms with van der Waals surface area (Å²) in [5.74, 6) is -0.472. The predicted octanol–water partition coefficient (Wildman–Crippen LogP) is 0.512. The van der Waals surface area contributed by atoms with E-state index < -0.39 is 0 Å². The molecule has 0 atom stereocenters. The third-order valence-corrected chi connectivity index (χ3v) is 1.47. The Kier molecular flexibility index (Phi) is 13.1. The van der Waals surface area contributed by atoms with E-state index in [9.17, 15) is 9.59 Å². The van der Waals surface area contributed by atoms with Crippen LogP contribution in [-0.4, -0.2) is 77.5 Å². The second-order valence-corrected chi connectivity index (χ2v) is 2.36. The van der Waals surface area contributed by atoms with E-state index in [0.717, 1.165) is 0 Å². The third kappa shape index (κ3) is 10.5. The summed E-state index contributed by atoms with van der Waals surface area (Å²) >= 11 is 0. The van der Waals surface area contributed by atoms with Crippen LogP contribution in [-0.2, 0) is 19.1 Å². The van der Waals surface area contributed by atoms with Gasteiger partial charge < -0.3 is 9.47 Å². The average Bonchev–Trinajstić information content (AvgIpc) is 2.11. The predicted molar refractivity (Wildman–Crippen MR) is 48.3 cm³/mol. The summed E-state index contributed by atoms with van der Waals surface area (Å²) in [5.41, 5.74) is 0. The van der Waals surface area contributed by atoms with Crippen molar-refractivity contribution in [3.63, 3.8) is 0 Å². The number of hydrogen-bond donors (Lipinski definition) is 0. The molecule has 4 nitrogen and oxygen atoms in total. The molecule has 0 aromatic rings. The van der Waals surface area contributed by atoms with Gasteiger partial charge in [-0.15, -0.1) is 0 Å². The molecule has 0 aromatic heterocycles. The van der Waals surface area contributed by atoms with Gasteiger partial charge in [-0.2, -0.15) is 0 Å². The standard InChI is InChI=1S/C8H14O4.K/c1-11-7(9)5-3-4-6-8(10)12-2;/h3-6H2,1-2H3;. The molecule has 1 radical (unpaired) electrons. The van der Waals surface area contributed by atoms with Crippen LogP contribution in [0.2, 0.25) is 0 Å². The van der Waals surface area contributed by atoms with Crippen molar-refractivity contribution in [2.24, 2.45) is 0 Å². The fourth-order valence-electron chi connectivity index (χ4n) is 0.743. The molecule has 0 heterocycles. The quantitative estimate of drug-likeness (QED) is 0.379. The number of rotatable bonds is 5. The van der Waals surface area contributed by atoms with Gasteiger partial charge in [-0.25, -0.2) is 0 Å². The van der Waals surface area contributed by atoms with Gasteiger partial charge in [-0.3, -0.25) is 9.59 Å². The van der Waals surface area contributed by atoms with Crippen molar-refractivity contribution < 1.29 is 19.1 Å². The minimum Gasteiger partial charge on any atom is -0.469 e. The number of unbranched alkanes of at least 4 members (excludes halogenated alkanes) is 1. The normalized spacial score (nSPS) is 8.46. The molecule has 0 amide bonds. The van der Waals surface area contributed by atoms with Crippen LogP contribution in [0.3, 0.4) is 0 Å². The fourth-order valence-corrected chi connectivity index (χ4v) is 0.743. The number of carbonyl (C=O) groups excluding carboxylic acids is 2. The van der Waals surface area contributed by atoms with Crippen LogP contribution >= 0.6 is 0 Å². The molecule has 0 rings (SSSR count). The number of carbonyl (C=O) groups is 2. The maximum Gasteiger partial charge on any atom is 0.305 e. The molecule has 0 aromatic carbocycles. The van der Waals surface area contributed by atoms with Gasteiger partial charge in [0.15, 0.2) is 0 Å². The maximum atomic E-state index is 10.6. The minimum atomic E-state index is -0.236. The number of hydrogen-bond acceptors (Lipinski definition) is 4. The van der Waals surface area contributed by atoms with Crippen molar-refractivity contribution in [3.8, 4) is 0 Å². The number of ether oxygens (including phenoxy) is 2. The number of esters is 2. The van der Waals surface area contributed by atoms with E-state index in [0.29, 0.717) is 25.7 Å². The maximum absolute atomic E-state index is 10.6. The first kappa shape index (κ1) is 16.0. The van der Waals surface area contributed by atoms with Gasteiger partial charge in [-0.05, 0) is 12.8 Å². The zero-order valence-electron chi connectivity index (χ0n) is 8.46. The molecule has 13 heavy (non-hydrogen) atoms. The van der Waals surface area contributed by atoms with Crippen LogP contribution in [0.4, 0.5) is 0 Å². The minimum absolute atomic E-state index is 0. The molecule has 0 unspecified atom stereocenters. The van der Waals surface area contributed by atoms with Gasteiger partial charge in [0.25, 0.3) is 0 Å². The first-order valence-electron chi connectivity index (χ1n) is 3.84. The molecular formula is C8H14KO4. The fraction of sp³-hybridized carbons (Fsp3) is 0.750. The summed E-state index contributed by atoms with van der Waals surface area (Å²) in [6, 6.07) is 0. The van der Waals surface area contributed by atoms with Crippen molar-refractivity contribution in [1.82, 2.24) is 0 Å². The van der Waals surface area contributed by atoms with Crippen LogP contribution in [0.15, 0.2) is 0 Å². The summed E-state index contributed by atoms with van der Waals surface area (Å²) in [4.78, 5) is 21.2. The van der Waals surface area contributed by atoms with Gasteiger partial charge >= 0.3 is 11.9 Å². The van der Waals surface area contributed by atoms with E-state index in [2.05, 4.69) is 9.47 Å². The van der Waals surface area contributed by atoms with Gasteiger partial charge in [0.1, 0.15) is 0 Å². The van der Waals surface area contributed by atoms with Crippen LogP contribution < -0.4 is 0 Å². The van der Waals surface area contributed by atoms with Crippen molar-refractivity contribution in [1.29, 1.82) is 0 Å². The Morgan fingerprint density at radius 3 is 1.46 bits per heavy atom. The molecule has 0 N–H and O–H groups in total. The smallest absolute Gasteiger partial charge is 0.305 e. The summed E-state index contributed by atoms with van der Waals surface area (Å²) in [6.07, 6.45) is 2.07. The number of methoxy groups -OCH3 is 2. The molecule has 0 aliphatic heterocycles. The summed E-state index contributed by atoms with van der Waals surface area (Å²) < 4.78 is 8.86. The van der Waals surface area contributed by atoms with Gasteiger partial charge in [0, 0.05) is 64.2 Å². The van der Waals surface area contributed by atoms with Gasteiger partial charge in [0.2, 0.25) is 0 Å². The summed E-state index contributed by atoms with van der Waals surface area (Å²) in [5, 5.41) is 0. The molecule has 0 fully saturated rings. The first-order valence-corrected chi connectivity index (χ1v) is 3.84. The Morgan fingerprint density at radius 1 is 0.923 bits per heavy atom. The third-order valence-electron chi connectivity index (χ3n) is 1.47. The van der Waals surface area contributed by atoms with Crippen LogP contribution in [0.25, 0.3) is 0 Å². The molecule has 0 saturated heterocycles. The monoisotopic (exact) mass is 213 g/mol. The Bertz CT molecular complexity index is 140. The van der Waals surface area contributed by atoms with Crippen molar-refractivity contribution in [2.75, 3.05) is 14.2 Å². The average molecular weight is 213 g/mol. The van der Waals surface area contributed by atoms with Crippen molar-refractivity contribution in [2.45, 2.75) is 25.7 Å². The Balaban J connectivity index is 0. The Hall–Kier alpha value is 0.576. The van der Waals surface area contributed by atoms with Gasteiger partial charge in [0.05, 0.1) is 14.2 Å². The van der Waals surface area contributed by atoms with Gasteiger partial charge in [-0.1, -0.05) is 0 Å². The molecule has 0 spiro atoms. The molecular weight excluding hydrogens is 199 g/mol. The zero-order valence-corrected chi connectivity index (χ0v) is 11.6. The van der Waals surface area contributed by atoms with E-state index in [1.807, 2.05) is 0 Å². The second-order valence-electron chi connectivity index (χ2n) is 2.36. The SMILES string of the molecule is COC(=O)CCCCC(=O)OC.[K]. The molecule has 0 saturated carbocycles. The van der Waals surface area contributed by atoms with Crippen molar-refractivity contribution in [3.05, 3.63) is 0 Å². The van der Waals surface area contributed by atoms with E-state index in [1.54, 1.807) is 0 Å². The largest absolute Gasteiger partial charge is 0.469 e. The molecule has 71 valence electrons. The second kappa shape index (κ2) is 10.7. The van der Waals surface area contributed by atoms with E-state index >= 15 is 0 Å². The molecule has 0 aliphatic rings. The van der Waals surface area contributed by atoms with Crippen molar-refractivity contribution >= 4 is 63.3 Å². The summed E-state index contributed by atoms with van der Waals surface area (Å²) in [7, 11) is 2.70. The van der Waals surface area contributed by atoms with E-state index in [-0.39, 0.29) is 63.3 Å². The van der Waals surface area contributed by atoms with E-state index in [1.165, 1.54) is 14.2 Å². The van der Waals surface area contributed by atoms with Crippen LogP contribution in [0.1, 0.15) is 25.7 Å².